The van der Waals surface area contributed by atoms with E-state index in [1.54, 1.807) is 19.3 Å². The van der Waals surface area contributed by atoms with E-state index in [1.165, 1.54) is 0 Å². The van der Waals surface area contributed by atoms with Crippen LogP contribution in [0.1, 0.15) is 51.9 Å². The third-order valence-electron chi connectivity index (χ3n) is 5.66. The SMILES string of the molecule is C=C/C=C\C(=C/C)CC[C@H](O)/C=C/[C@@H]1[C@@H](C/C=C\CCCC(N)=O)[C@@H](OC)C[C@H]1O. The van der Waals surface area contributed by atoms with Crippen LogP contribution in [0, 0.1) is 11.8 Å². The van der Waals surface area contributed by atoms with Gasteiger partial charge in [-0.25, -0.2) is 0 Å². The van der Waals surface area contributed by atoms with Gasteiger partial charge in [-0.1, -0.05) is 60.8 Å². The molecular weight excluding hydrogens is 378 g/mol. The highest BCUT2D eigenvalue weighted by Crippen LogP contribution is 2.38. The van der Waals surface area contributed by atoms with Crippen molar-refractivity contribution >= 4 is 5.91 Å². The zero-order chi connectivity index (χ0) is 22.4. The van der Waals surface area contributed by atoms with Crippen LogP contribution in [0.15, 0.2) is 60.8 Å². The van der Waals surface area contributed by atoms with Crippen LogP contribution in [0.3, 0.4) is 0 Å². The summed E-state index contributed by atoms with van der Waals surface area (Å²) < 4.78 is 5.60. The lowest BCUT2D eigenvalue weighted by Gasteiger charge is -2.21. The molecule has 0 aromatic carbocycles. The van der Waals surface area contributed by atoms with Gasteiger partial charge in [0.15, 0.2) is 0 Å². The summed E-state index contributed by atoms with van der Waals surface area (Å²) in [6.45, 7) is 5.66. The molecule has 0 spiro atoms. The molecule has 1 aliphatic rings. The number of rotatable bonds is 14. The van der Waals surface area contributed by atoms with Crippen LogP contribution in [-0.2, 0) is 9.53 Å². The highest BCUT2D eigenvalue weighted by Gasteiger charge is 2.40. The zero-order valence-electron chi connectivity index (χ0n) is 18.5. The van der Waals surface area contributed by atoms with Gasteiger partial charge < -0.3 is 20.7 Å². The molecule has 0 unspecified atom stereocenters. The van der Waals surface area contributed by atoms with Crippen LogP contribution in [-0.4, -0.2) is 41.5 Å². The first kappa shape index (κ1) is 26.1. The van der Waals surface area contributed by atoms with Gasteiger partial charge in [0, 0.05) is 25.9 Å². The van der Waals surface area contributed by atoms with Gasteiger partial charge in [-0.2, -0.15) is 0 Å². The minimum Gasteiger partial charge on any atom is -0.392 e. The predicted molar refractivity (Wildman–Crippen MR) is 123 cm³/mol. The lowest BCUT2D eigenvalue weighted by molar-refractivity contribution is -0.118. The standard InChI is InChI=1S/C25H39NO4/c1-4-6-11-19(5-2)14-15-20(27)16-17-21-22(24(30-3)18-23(21)28)12-9-7-8-10-13-25(26)29/h4-7,9,11,16-17,20-24,27-28H,1,8,10,12-15,18H2,2-3H3,(H2,26,29)/b9-7-,11-6-,17-16+,19-5+/t20-,21+,22+,23+,24-/m0/s1. The molecule has 1 rings (SSSR count). The molecular formula is C25H39NO4. The number of primary amides is 1. The Kier molecular flexibility index (Phi) is 13.0. The van der Waals surface area contributed by atoms with Gasteiger partial charge in [-0.15, -0.1) is 0 Å². The van der Waals surface area contributed by atoms with E-state index < -0.39 is 12.2 Å². The molecule has 5 atom stereocenters. The number of allylic oxidation sites excluding steroid dienone is 7. The number of ether oxygens (including phenoxy) is 1. The second kappa shape index (κ2) is 14.9. The largest absolute Gasteiger partial charge is 0.392 e. The quantitative estimate of drug-likeness (QED) is 0.226. The summed E-state index contributed by atoms with van der Waals surface area (Å²) in [5, 5.41) is 20.9. The van der Waals surface area contributed by atoms with Gasteiger partial charge >= 0.3 is 0 Å². The molecule has 30 heavy (non-hydrogen) atoms. The topological polar surface area (TPSA) is 92.8 Å². The minimum absolute atomic E-state index is 0.0132. The maximum absolute atomic E-state index is 10.8. The van der Waals surface area contributed by atoms with Crippen LogP contribution < -0.4 is 5.73 Å². The molecule has 0 aliphatic heterocycles. The summed E-state index contributed by atoms with van der Waals surface area (Å²) in [6.07, 6.45) is 19.3. The van der Waals surface area contributed by atoms with Crippen molar-refractivity contribution in [1.29, 1.82) is 0 Å². The average molecular weight is 418 g/mol. The fourth-order valence-electron chi connectivity index (χ4n) is 3.90. The van der Waals surface area contributed by atoms with Crippen molar-refractivity contribution in [2.45, 2.75) is 70.2 Å². The molecule has 5 nitrogen and oxygen atoms in total. The van der Waals surface area contributed by atoms with Crippen molar-refractivity contribution in [2.75, 3.05) is 7.11 Å². The Morgan fingerprint density at radius 1 is 1.33 bits per heavy atom. The lowest BCUT2D eigenvalue weighted by atomic mass is 9.89. The van der Waals surface area contributed by atoms with E-state index in [9.17, 15) is 15.0 Å². The first-order valence-electron chi connectivity index (χ1n) is 10.9. The Morgan fingerprint density at radius 2 is 2.10 bits per heavy atom. The number of hydrogen-bond donors (Lipinski definition) is 3. The number of unbranched alkanes of at least 4 members (excludes halogenated alkanes) is 1. The summed E-state index contributed by atoms with van der Waals surface area (Å²) in [5.41, 5.74) is 6.31. The number of aliphatic hydroxyl groups excluding tert-OH is 2. The normalized spacial score (nSPS) is 26.2. The molecule has 0 radical (unpaired) electrons. The molecule has 4 N–H and O–H groups in total. The van der Waals surface area contributed by atoms with Crippen molar-refractivity contribution in [2.24, 2.45) is 17.6 Å². The fraction of sp³-hybridized carbons (Fsp3) is 0.560. The summed E-state index contributed by atoms with van der Waals surface area (Å²) >= 11 is 0. The third kappa shape index (κ3) is 9.70. The fourth-order valence-corrected chi connectivity index (χ4v) is 3.90. The van der Waals surface area contributed by atoms with Crippen molar-refractivity contribution in [1.82, 2.24) is 0 Å². The smallest absolute Gasteiger partial charge is 0.217 e. The van der Waals surface area contributed by atoms with Crippen molar-refractivity contribution in [3.63, 3.8) is 0 Å². The molecule has 0 bridgehead atoms. The number of methoxy groups -OCH3 is 1. The van der Waals surface area contributed by atoms with Gasteiger partial charge in [0.2, 0.25) is 5.91 Å². The molecule has 0 heterocycles. The molecule has 168 valence electrons. The Hall–Kier alpha value is -1.95. The molecule has 1 aliphatic carbocycles. The minimum atomic E-state index is -0.559. The number of amides is 1. The highest BCUT2D eigenvalue weighted by atomic mass is 16.5. The molecule has 1 amide bonds. The zero-order valence-corrected chi connectivity index (χ0v) is 18.5. The van der Waals surface area contributed by atoms with Gasteiger partial charge in [0.25, 0.3) is 0 Å². The summed E-state index contributed by atoms with van der Waals surface area (Å²) in [5.74, 6) is -0.173. The van der Waals surface area contributed by atoms with E-state index in [-0.39, 0.29) is 23.8 Å². The van der Waals surface area contributed by atoms with Crippen molar-refractivity contribution < 1.29 is 19.7 Å². The monoisotopic (exact) mass is 417 g/mol. The van der Waals surface area contributed by atoms with Gasteiger partial charge in [0.05, 0.1) is 18.3 Å². The van der Waals surface area contributed by atoms with E-state index in [0.29, 0.717) is 19.3 Å². The van der Waals surface area contributed by atoms with E-state index in [0.717, 1.165) is 31.3 Å². The molecule has 5 heteroatoms. The van der Waals surface area contributed by atoms with Gasteiger partial charge in [0.1, 0.15) is 0 Å². The Bertz CT molecular complexity index is 635. The maximum atomic E-state index is 10.8. The van der Waals surface area contributed by atoms with Gasteiger partial charge in [-0.3, -0.25) is 4.79 Å². The first-order valence-corrected chi connectivity index (χ1v) is 10.9. The number of hydrogen-bond acceptors (Lipinski definition) is 4. The second-order valence-corrected chi connectivity index (χ2v) is 7.83. The number of carbonyl (C=O) groups is 1. The van der Waals surface area contributed by atoms with Crippen LogP contribution >= 0.6 is 0 Å². The lowest BCUT2D eigenvalue weighted by Crippen LogP contribution is -2.21. The van der Waals surface area contributed by atoms with Crippen molar-refractivity contribution in [3.8, 4) is 0 Å². The summed E-state index contributed by atoms with van der Waals surface area (Å²) in [4.78, 5) is 10.8. The van der Waals surface area contributed by atoms with Crippen LogP contribution in [0.25, 0.3) is 0 Å². The molecule has 1 fully saturated rings. The molecule has 0 saturated heterocycles. The van der Waals surface area contributed by atoms with E-state index >= 15 is 0 Å². The highest BCUT2D eigenvalue weighted by molar-refractivity contribution is 5.73. The summed E-state index contributed by atoms with van der Waals surface area (Å²) in [6, 6.07) is 0. The molecule has 0 aromatic heterocycles. The van der Waals surface area contributed by atoms with E-state index in [2.05, 4.69) is 18.7 Å². The van der Waals surface area contributed by atoms with Crippen LogP contribution in [0.5, 0.6) is 0 Å². The Labute approximate surface area is 181 Å². The van der Waals surface area contributed by atoms with E-state index in [4.69, 9.17) is 10.5 Å². The Balaban J connectivity index is 2.62. The predicted octanol–water partition coefficient (Wildman–Crippen LogP) is 3.99. The van der Waals surface area contributed by atoms with Crippen LogP contribution in [0.2, 0.25) is 0 Å². The average Bonchev–Trinajstić information content (AvgIpc) is 3.03. The van der Waals surface area contributed by atoms with E-state index in [1.807, 2.05) is 31.2 Å². The number of aliphatic hydroxyl groups is 2. The third-order valence-corrected chi connectivity index (χ3v) is 5.66. The number of carbonyl (C=O) groups excluding carboxylic acids is 1. The van der Waals surface area contributed by atoms with Crippen molar-refractivity contribution in [3.05, 3.63) is 60.8 Å². The van der Waals surface area contributed by atoms with Gasteiger partial charge in [-0.05, 0) is 44.9 Å². The van der Waals surface area contributed by atoms with Crippen LogP contribution in [0.4, 0.5) is 0 Å². The maximum Gasteiger partial charge on any atom is 0.217 e. The Morgan fingerprint density at radius 3 is 2.73 bits per heavy atom. The number of nitrogens with two attached hydrogens (primary N) is 1. The summed E-state index contributed by atoms with van der Waals surface area (Å²) in [7, 11) is 1.68. The molecule has 0 aromatic rings. The second-order valence-electron chi connectivity index (χ2n) is 7.83. The first-order chi connectivity index (χ1) is 14.4. The molecule has 1 saturated carbocycles.